The summed E-state index contributed by atoms with van der Waals surface area (Å²) in [4.78, 5) is 12.7. The highest BCUT2D eigenvalue weighted by atomic mass is 32.2. The molecule has 0 atom stereocenters. The molecule has 0 heterocycles. The van der Waals surface area contributed by atoms with Crippen LogP contribution < -0.4 is 14.8 Å². The molecule has 0 radical (unpaired) electrons. The predicted molar refractivity (Wildman–Crippen MR) is 118 cm³/mol. The maximum atomic E-state index is 13.2. The van der Waals surface area contributed by atoms with Gasteiger partial charge in [0.2, 0.25) is 0 Å². The number of hydrogen-bond acceptors (Lipinski definition) is 5. The Morgan fingerprint density at radius 3 is 2.47 bits per heavy atom. The third kappa shape index (κ3) is 5.73. The highest BCUT2D eigenvalue weighted by Crippen LogP contribution is 2.32. The van der Waals surface area contributed by atoms with E-state index >= 15 is 0 Å². The molecule has 164 valence electrons. The van der Waals surface area contributed by atoms with E-state index in [1.165, 1.54) is 0 Å². The maximum Gasteiger partial charge on any atom is 0.262 e. The molecule has 2 N–H and O–H groups in total. The fourth-order valence-electron chi connectivity index (χ4n) is 3.08. The van der Waals surface area contributed by atoms with Crippen LogP contribution in [0.15, 0.2) is 41.3 Å². The molecular weight excluding hydrogens is 404 g/mol. The number of nitrogens with one attached hydrogen (secondary N) is 2. The minimum Gasteiger partial charge on any atom is -0.496 e. The summed E-state index contributed by atoms with van der Waals surface area (Å²) in [7, 11) is -0.757. The SMILES string of the molecule is COCCCNC(=O)c1ccccc1NS(=O)(=O)c1cc(C(C)C)c(OC)cc1C. The first-order valence-corrected chi connectivity index (χ1v) is 11.3. The van der Waals surface area contributed by atoms with E-state index in [0.717, 1.165) is 5.56 Å². The van der Waals surface area contributed by atoms with Crippen LogP contribution in [0.25, 0.3) is 0 Å². The Labute approximate surface area is 178 Å². The quantitative estimate of drug-likeness (QED) is 0.556. The molecule has 2 aromatic rings. The summed E-state index contributed by atoms with van der Waals surface area (Å²) in [6, 6.07) is 9.89. The van der Waals surface area contributed by atoms with Crippen LogP contribution in [0.5, 0.6) is 5.75 Å². The normalized spacial score (nSPS) is 11.4. The zero-order valence-electron chi connectivity index (χ0n) is 18.1. The van der Waals surface area contributed by atoms with Crippen molar-refractivity contribution in [2.24, 2.45) is 0 Å². The Bertz CT molecular complexity index is 987. The highest BCUT2D eigenvalue weighted by molar-refractivity contribution is 7.92. The molecule has 2 aromatic carbocycles. The Morgan fingerprint density at radius 2 is 1.83 bits per heavy atom. The Balaban J connectivity index is 2.34. The summed E-state index contributed by atoms with van der Waals surface area (Å²) in [6.45, 7) is 6.63. The molecule has 0 aliphatic rings. The predicted octanol–water partition coefficient (Wildman–Crippen LogP) is 3.69. The van der Waals surface area contributed by atoms with Gasteiger partial charge in [-0.3, -0.25) is 9.52 Å². The maximum absolute atomic E-state index is 13.2. The average molecular weight is 435 g/mol. The minimum atomic E-state index is -3.92. The van der Waals surface area contributed by atoms with Gasteiger partial charge < -0.3 is 14.8 Å². The topological polar surface area (TPSA) is 93.7 Å². The lowest BCUT2D eigenvalue weighted by atomic mass is 10.0. The zero-order chi connectivity index (χ0) is 22.3. The fourth-order valence-corrected chi connectivity index (χ4v) is 4.42. The zero-order valence-corrected chi connectivity index (χ0v) is 18.9. The van der Waals surface area contributed by atoms with Crippen LogP contribution in [0, 0.1) is 6.92 Å². The van der Waals surface area contributed by atoms with Crippen LogP contribution in [0.2, 0.25) is 0 Å². The van der Waals surface area contributed by atoms with Crippen molar-refractivity contribution in [1.29, 1.82) is 0 Å². The van der Waals surface area contributed by atoms with Crippen LogP contribution in [0.1, 0.15) is 47.7 Å². The molecule has 0 saturated carbocycles. The number of carbonyl (C=O) groups excluding carboxylic acids is 1. The number of hydrogen-bond donors (Lipinski definition) is 2. The molecule has 0 unspecified atom stereocenters. The summed E-state index contributed by atoms with van der Waals surface area (Å²) >= 11 is 0. The van der Waals surface area contributed by atoms with Crippen LogP contribution in [0.3, 0.4) is 0 Å². The van der Waals surface area contributed by atoms with E-state index in [-0.39, 0.29) is 28.0 Å². The van der Waals surface area contributed by atoms with Crippen molar-refractivity contribution in [1.82, 2.24) is 5.32 Å². The lowest BCUT2D eigenvalue weighted by Gasteiger charge is -2.18. The van der Waals surface area contributed by atoms with Crippen molar-refractivity contribution in [3.05, 3.63) is 53.1 Å². The van der Waals surface area contributed by atoms with Crippen LogP contribution in [0.4, 0.5) is 5.69 Å². The third-order valence-electron chi connectivity index (χ3n) is 4.67. The molecule has 0 aliphatic heterocycles. The van der Waals surface area contributed by atoms with Gasteiger partial charge in [0, 0.05) is 20.3 Å². The Morgan fingerprint density at radius 1 is 1.13 bits per heavy atom. The molecule has 1 amide bonds. The van der Waals surface area contributed by atoms with Crippen LogP contribution in [-0.4, -0.2) is 41.7 Å². The van der Waals surface area contributed by atoms with E-state index in [1.54, 1.807) is 57.5 Å². The standard InChI is InChI=1S/C22H30N2O5S/c1-15(2)18-14-21(16(3)13-20(18)29-5)30(26,27)24-19-10-7-6-9-17(19)22(25)23-11-8-12-28-4/h6-7,9-10,13-15,24H,8,11-12H2,1-5H3,(H,23,25). The number of carbonyl (C=O) groups is 1. The van der Waals surface area contributed by atoms with Gasteiger partial charge in [-0.15, -0.1) is 0 Å². The largest absolute Gasteiger partial charge is 0.496 e. The van der Waals surface area contributed by atoms with Gasteiger partial charge in [0.15, 0.2) is 0 Å². The smallest absolute Gasteiger partial charge is 0.262 e. The van der Waals surface area contributed by atoms with Gasteiger partial charge in [-0.1, -0.05) is 26.0 Å². The van der Waals surface area contributed by atoms with Crippen molar-refractivity contribution in [3.63, 3.8) is 0 Å². The summed E-state index contributed by atoms with van der Waals surface area (Å²) in [5, 5.41) is 2.78. The van der Waals surface area contributed by atoms with Crippen molar-refractivity contribution in [2.45, 2.75) is 38.0 Å². The number of anilines is 1. The number of benzene rings is 2. The number of sulfonamides is 1. The Hall–Kier alpha value is -2.58. The molecule has 0 fully saturated rings. The summed E-state index contributed by atoms with van der Waals surface area (Å²) in [6.07, 6.45) is 0.666. The molecular formula is C22H30N2O5S. The van der Waals surface area contributed by atoms with E-state index in [9.17, 15) is 13.2 Å². The number of amides is 1. The van der Waals surface area contributed by atoms with Gasteiger partial charge in [0.05, 0.1) is 23.3 Å². The summed E-state index contributed by atoms with van der Waals surface area (Å²) in [5.74, 6) is 0.385. The van der Waals surface area contributed by atoms with E-state index in [2.05, 4.69) is 10.0 Å². The molecule has 0 saturated heterocycles. The first-order valence-electron chi connectivity index (χ1n) is 9.78. The second kappa shape index (κ2) is 10.4. The number of rotatable bonds is 10. The first-order chi connectivity index (χ1) is 14.2. The van der Waals surface area contributed by atoms with Crippen LogP contribution in [-0.2, 0) is 14.8 Å². The number of methoxy groups -OCH3 is 2. The van der Waals surface area contributed by atoms with E-state index in [4.69, 9.17) is 9.47 Å². The molecule has 7 nitrogen and oxygen atoms in total. The van der Waals surface area contributed by atoms with Crippen molar-refractivity contribution >= 4 is 21.6 Å². The van der Waals surface area contributed by atoms with Gasteiger partial charge in [-0.05, 0) is 54.7 Å². The minimum absolute atomic E-state index is 0.0830. The molecule has 0 aromatic heterocycles. The van der Waals surface area contributed by atoms with Gasteiger partial charge in [-0.25, -0.2) is 8.42 Å². The Kier molecular flexibility index (Phi) is 8.25. The summed E-state index contributed by atoms with van der Waals surface area (Å²) < 4.78 is 39.3. The monoisotopic (exact) mass is 434 g/mol. The van der Waals surface area contributed by atoms with E-state index < -0.39 is 10.0 Å². The van der Waals surface area contributed by atoms with Gasteiger partial charge in [0.25, 0.3) is 15.9 Å². The number of ether oxygens (including phenoxy) is 2. The summed E-state index contributed by atoms with van der Waals surface area (Å²) in [5.41, 5.74) is 1.84. The van der Waals surface area contributed by atoms with Crippen molar-refractivity contribution in [3.8, 4) is 5.75 Å². The third-order valence-corrected chi connectivity index (χ3v) is 6.17. The fraction of sp³-hybridized carbons (Fsp3) is 0.409. The second-order valence-electron chi connectivity index (χ2n) is 7.27. The second-order valence-corrected chi connectivity index (χ2v) is 8.92. The number of aryl methyl sites for hydroxylation is 1. The van der Waals surface area contributed by atoms with E-state index in [0.29, 0.717) is 30.9 Å². The lowest BCUT2D eigenvalue weighted by Crippen LogP contribution is -2.27. The molecule has 8 heteroatoms. The average Bonchev–Trinajstić information content (AvgIpc) is 2.70. The highest BCUT2D eigenvalue weighted by Gasteiger charge is 2.23. The van der Waals surface area contributed by atoms with Gasteiger partial charge >= 0.3 is 0 Å². The first kappa shape index (κ1) is 23.7. The van der Waals surface area contributed by atoms with E-state index in [1.807, 2.05) is 13.8 Å². The molecule has 2 rings (SSSR count). The molecule has 30 heavy (non-hydrogen) atoms. The van der Waals surface area contributed by atoms with Gasteiger partial charge in [0.1, 0.15) is 5.75 Å². The molecule has 0 bridgehead atoms. The van der Waals surface area contributed by atoms with Gasteiger partial charge in [-0.2, -0.15) is 0 Å². The molecule has 0 spiro atoms. The van der Waals surface area contributed by atoms with Crippen LogP contribution >= 0.6 is 0 Å². The lowest BCUT2D eigenvalue weighted by molar-refractivity contribution is 0.0949. The van der Waals surface area contributed by atoms with Crippen molar-refractivity contribution in [2.75, 3.05) is 32.1 Å². The molecule has 0 aliphatic carbocycles. The van der Waals surface area contributed by atoms with Crippen molar-refractivity contribution < 1.29 is 22.7 Å². The number of para-hydroxylation sites is 1.